The molecule has 3 heteroatoms. The van der Waals surface area contributed by atoms with Gasteiger partial charge in [-0.1, -0.05) is 27.7 Å². The van der Waals surface area contributed by atoms with Crippen molar-refractivity contribution in [1.29, 1.82) is 0 Å². The van der Waals surface area contributed by atoms with Crippen LogP contribution < -0.4 is 0 Å². The molecule has 23 heavy (non-hydrogen) atoms. The van der Waals surface area contributed by atoms with Gasteiger partial charge in [0, 0.05) is 5.41 Å². The van der Waals surface area contributed by atoms with Crippen LogP contribution in [0.25, 0.3) is 0 Å². The van der Waals surface area contributed by atoms with Gasteiger partial charge in [-0.25, -0.2) is 0 Å². The van der Waals surface area contributed by atoms with E-state index in [2.05, 4.69) is 27.7 Å². The molecule has 0 amide bonds. The van der Waals surface area contributed by atoms with Crippen molar-refractivity contribution in [2.45, 2.75) is 77.9 Å². The molecular formula is C20H32O3. The predicted octanol–water partition coefficient (Wildman–Crippen LogP) is 4.18. The second-order valence-electron chi connectivity index (χ2n) is 8.88. The number of hydrogen-bond donors (Lipinski definition) is 2. The standard InChI is InChI=1S/C20H32O3/c1-14-5-6-16-18(2,3)17(21)8-10-19(16,4)20(14,22)11-7-15-9-12-23-13-15/h9,12-14,16-17,21-22H,5-8,10-11H2,1-4H3. The molecule has 1 aromatic rings. The third-order valence-electron chi connectivity index (χ3n) is 7.53. The third-order valence-corrected chi connectivity index (χ3v) is 7.53. The predicted molar refractivity (Wildman–Crippen MR) is 91.0 cm³/mol. The number of aliphatic hydroxyl groups excluding tert-OH is 1. The molecule has 0 bridgehead atoms. The summed E-state index contributed by atoms with van der Waals surface area (Å²) in [5, 5.41) is 22.3. The zero-order valence-corrected chi connectivity index (χ0v) is 15.0. The molecule has 2 fully saturated rings. The Kier molecular flexibility index (Phi) is 4.17. The zero-order chi connectivity index (χ0) is 16.9. The van der Waals surface area contributed by atoms with Crippen molar-refractivity contribution in [3.63, 3.8) is 0 Å². The highest BCUT2D eigenvalue weighted by Gasteiger charge is 2.62. The molecule has 0 radical (unpaired) electrons. The summed E-state index contributed by atoms with van der Waals surface area (Å²) >= 11 is 0. The molecule has 2 saturated carbocycles. The van der Waals surface area contributed by atoms with Crippen molar-refractivity contribution in [1.82, 2.24) is 0 Å². The van der Waals surface area contributed by atoms with Crippen molar-refractivity contribution in [3.8, 4) is 0 Å². The maximum absolute atomic E-state index is 11.8. The fraction of sp³-hybridized carbons (Fsp3) is 0.800. The van der Waals surface area contributed by atoms with Gasteiger partial charge in [-0.15, -0.1) is 0 Å². The summed E-state index contributed by atoms with van der Waals surface area (Å²) < 4.78 is 5.18. The van der Waals surface area contributed by atoms with E-state index in [1.165, 1.54) is 0 Å². The number of aryl methyl sites for hydroxylation is 1. The highest BCUT2D eigenvalue weighted by atomic mass is 16.3. The van der Waals surface area contributed by atoms with Crippen LogP contribution >= 0.6 is 0 Å². The summed E-state index contributed by atoms with van der Waals surface area (Å²) in [5.74, 6) is 0.658. The van der Waals surface area contributed by atoms with E-state index < -0.39 is 5.60 Å². The van der Waals surface area contributed by atoms with Crippen molar-refractivity contribution in [3.05, 3.63) is 24.2 Å². The third kappa shape index (κ3) is 2.47. The topological polar surface area (TPSA) is 53.6 Å². The van der Waals surface area contributed by atoms with Crippen molar-refractivity contribution >= 4 is 0 Å². The van der Waals surface area contributed by atoms with Crippen LogP contribution in [0.1, 0.15) is 65.4 Å². The summed E-state index contributed by atoms with van der Waals surface area (Å²) in [6, 6.07) is 1.99. The number of rotatable bonds is 3. The summed E-state index contributed by atoms with van der Waals surface area (Å²) in [5.41, 5.74) is 0.227. The van der Waals surface area contributed by atoms with Gasteiger partial charge in [-0.2, -0.15) is 0 Å². The van der Waals surface area contributed by atoms with Crippen molar-refractivity contribution in [2.75, 3.05) is 0 Å². The van der Waals surface area contributed by atoms with Crippen LogP contribution in [0.15, 0.2) is 23.0 Å². The minimum atomic E-state index is -0.676. The molecular weight excluding hydrogens is 288 g/mol. The summed E-state index contributed by atoms with van der Waals surface area (Å²) in [7, 11) is 0. The Morgan fingerprint density at radius 1 is 1.22 bits per heavy atom. The van der Waals surface area contributed by atoms with E-state index in [1.54, 1.807) is 12.5 Å². The molecule has 5 unspecified atom stereocenters. The molecule has 1 heterocycles. The van der Waals surface area contributed by atoms with Crippen LogP contribution in [-0.2, 0) is 6.42 Å². The number of hydrogen-bond acceptors (Lipinski definition) is 3. The first-order chi connectivity index (χ1) is 10.7. The minimum absolute atomic E-state index is 0.128. The summed E-state index contributed by atoms with van der Waals surface area (Å²) in [4.78, 5) is 0. The maximum Gasteiger partial charge on any atom is 0.0934 e. The van der Waals surface area contributed by atoms with Gasteiger partial charge in [0.15, 0.2) is 0 Å². The second kappa shape index (κ2) is 5.63. The lowest BCUT2D eigenvalue weighted by Gasteiger charge is -2.64. The van der Waals surface area contributed by atoms with Crippen LogP contribution in [0.2, 0.25) is 0 Å². The molecule has 2 aliphatic rings. The smallest absolute Gasteiger partial charge is 0.0934 e. The van der Waals surface area contributed by atoms with E-state index in [4.69, 9.17) is 4.42 Å². The molecule has 0 aromatic carbocycles. The van der Waals surface area contributed by atoms with Gasteiger partial charge >= 0.3 is 0 Å². The van der Waals surface area contributed by atoms with E-state index in [1.807, 2.05) is 6.07 Å². The first kappa shape index (κ1) is 17.0. The van der Waals surface area contributed by atoms with Gasteiger partial charge < -0.3 is 14.6 Å². The Morgan fingerprint density at radius 3 is 2.61 bits per heavy atom. The zero-order valence-electron chi connectivity index (χ0n) is 15.0. The quantitative estimate of drug-likeness (QED) is 0.878. The Balaban J connectivity index is 1.90. The molecule has 0 spiro atoms. The van der Waals surface area contributed by atoms with Crippen LogP contribution in [0.4, 0.5) is 0 Å². The van der Waals surface area contributed by atoms with Crippen LogP contribution in [0, 0.1) is 22.7 Å². The van der Waals surface area contributed by atoms with Gasteiger partial charge in [0.1, 0.15) is 0 Å². The van der Waals surface area contributed by atoms with Gasteiger partial charge in [-0.05, 0) is 67.4 Å². The van der Waals surface area contributed by atoms with E-state index in [0.717, 1.165) is 44.1 Å². The summed E-state index contributed by atoms with van der Waals surface area (Å²) in [6.07, 6.45) is 8.70. The molecule has 1 aromatic heterocycles. The van der Waals surface area contributed by atoms with Crippen LogP contribution in [0.5, 0.6) is 0 Å². The highest BCUT2D eigenvalue weighted by Crippen LogP contribution is 2.63. The SMILES string of the molecule is CC1CCC2C(C)(C)C(O)CCC2(C)C1(O)CCc1ccoc1. The van der Waals surface area contributed by atoms with Crippen LogP contribution in [-0.4, -0.2) is 21.9 Å². The van der Waals surface area contributed by atoms with Crippen molar-refractivity contribution < 1.29 is 14.6 Å². The second-order valence-corrected chi connectivity index (χ2v) is 8.88. The Labute approximate surface area is 140 Å². The Bertz CT molecular complexity index is 535. The Morgan fingerprint density at radius 2 is 1.96 bits per heavy atom. The van der Waals surface area contributed by atoms with E-state index >= 15 is 0 Å². The minimum Gasteiger partial charge on any atom is -0.472 e. The first-order valence-electron chi connectivity index (χ1n) is 9.13. The molecule has 0 aliphatic heterocycles. The number of fused-ring (bicyclic) bond motifs is 1. The summed E-state index contributed by atoms with van der Waals surface area (Å²) in [6.45, 7) is 8.85. The highest BCUT2D eigenvalue weighted by molar-refractivity contribution is 5.14. The molecule has 3 nitrogen and oxygen atoms in total. The average molecular weight is 320 g/mol. The van der Waals surface area contributed by atoms with Crippen LogP contribution in [0.3, 0.4) is 0 Å². The first-order valence-corrected chi connectivity index (χ1v) is 9.13. The fourth-order valence-corrected chi connectivity index (χ4v) is 5.76. The average Bonchev–Trinajstić information content (AvgIpc) is 3.00. The van der Waals surface area contributed by atoms with E-state index in [9.17, 15) is 10.2 Å². The normalized spacial score (nSPS) is 43.1. The van der Waals surface area contributed by atoms with E-state index in [-0.39, 0.29) is 16.9 Å². The number of aliphatic hydroxyl groups is 2. The van der Waals surface area contributed by atoms with Gasteiger partial charge in [0.25, 0.3) is 0 Å². The molecule has 130 valence electrons. The lowest BCUT2D eigenvalue weighted by molar-refractivity contribution is -0.231. The van der Waals surface area contributed by atoms with Crippen molar-refractivity contribution in [2.24, 2.45) is 22.7 Å². The molecule has 2 N–H and O–H groups in total. The molecule has 5 atom stereocenters. The Hall–Kier alpha value is -0.800. The van der Waals surface area contributed by atoms with E-state index in [0.29, 0.717) is 11.8 Å². The van der Waals surface area contributed by atoms with Gasteiger partial charge in [0.05, 0.1) is 24.2 Å². The largest absolute Gasteiger partial charge is 0.472 e. The lowest BCUT2D eigenvalue weighted by atomic mass is 9.43. The molecule has 2 aliphatic carbocycles. The van der Waals surface area contributed by atoms with Gasteiger partial charge in [0.2, 0.25) is 0 Å². The molecule has 3 rings (SSSR count). The number of furan rings is 1. The maximum atomic E-state index is 11.8. The fourth-order valence-electron chi connectivity index (χ4n) is 5.76. The molecule has 0 saturated heterocycles. The lowest BCUT2D eigenvalue weighted by Crippen LogP contribution is -2.64. The monoisotopic (exact) mass is 320 g/mol. The van der Waals surface area contributed by atoms with Gasteiger partial charge in [-0.3, -0.25) is 0 Å².